The molecule has 23 heavy (non-hydrogen) atoms. The minimum Gasteiger partial charge on any atom is -0.493 e. The first-order valence-corrected chi connectivity index (χ1v) is 8.17. The van der Waals surface area contributed by atoms with Gasteiger partial charge in [0.25, 0.3) is 5.91 Å². The van der Waals surface area contributed by atoms with E-state index < -0.39 is 6.10 Å². The molecule has 2 aromatic rings. The zero-order valence-electron chi connectivity index (χ0n) is 12.8. The van der Waals surface area contributed by atoms with Gasteiger partial charge in [0.1, 0.15) is 6.10 Å². The molecular formula is C17H17BrClNO3. The van der Waals surface area contributed by atoms with Crippen molar-refractivity contribution in [2.75, 3.05) is 12.4 Å². The minimum absolute atomic E-state index is 0.270. The lowest BCUT2D eigenvalue weighted by Crippen LogP contribution is -2.27. The summed E-state index contributed by atoms with van der Waals surface area (Å²) in [5.41, 5.74) is 1.50. The molecule has 0 aliphatic rings. The number of methoxy groups -OCH3 is 1. The van der Waals surface area contributed by atoms with Crippen LogP contribution in [0.5, 0.6) is 5.75 Å². The highest BCUT2D eigenvalue weighted by Gasteiger charge is 2.17. The first-order chi connectivity index (χ1) is 11.0. The fraction of sp³-hybridized carbons (Fsp3) is 0.235. The fourth-order valence-electron chi connectivity index (χ4n) is 1.97. The Morgan fingerprint density at radius 1 is 1.30 bits per heavy atom. The number of halogens is 2. The molecule has 6 heteroatoms. The second-order valence-electron chi connectivity index (χ2n) is 4.90. The van der Waals surface area contributed by atoms with Crippen LogP contribution in [-0.2, 0) is 16.1 Å². The van der Waals surface area contributed by atoms with Crippen LogP contribution in [0.25, 0.3) is 0 Å². The number of rotatable bonds is 6. The Labute approximate surface area is 148 Å². The highest BCUT2D eigenvalue weighted by Crippen LogP contribution is 2.36. The number of amides is 1. The topological polar surface area (TPSA) is 47.6 Å². The number of benzene rings is 2. The molecule has 1 N–H and O–H groups in total. The average Bonchev–Trinajstić information content (AvgIpc) is 2.53. The maximum atomic E-state index is 12.3. The van der Waals surface area contributed by atoms with Gasteiger partial charge in [-0.15, -0.1) is 0 Å². The molecule has 0 aliphatic heterocycles. The molecule has 0 heterocycles. The third-order valence-corrected chi connectivity index (χ3v) is 3.99. The van der Waals surface area contributed by atoms with Gasteiger partial charge in [-0.3, -0.25) is 4.79 Å². The molecule has 0 saturated carbocycles. The first kappa shape index (κ1) is 17.8. The Morgan fingerprint density at radius 2 is 2.00 bits per heavy atom. The molecule has 0 aromatic heterocycles. The van der Waals surface area contributed by atoms with E-state index in [1.54, 1.807) is 19.1 Å². The van der Waals surface area contributed by atoms with E-state index in [0.29, 0.717) is 27.5 Å². The molecule has 122 valence electrons. The molecule has 0 fully saturated rings. The van der Waals surface area contributed by atoms with Gasteiger partial charge >= 0.3 is 0 Å². The predicted molar refractivity (Wildman–Crippen MR) is 95.0 cm³/mol. The van der Waals surface area contributed by atoms with E-state index in [-0.39, 0.29) is 5.91 Å². The van der Waals surface area contributed by atoms with E-state index in [1.165, 1.54) is 7.11 Å². The summed E-state index contributed by atoms with van der Waals surface area (Å²) in [4.78, 5) is 12.3. The van der Waals surface area contributed by atoms with E-state index >= 15 is 0 Å². The molecule has 0 spiro atoms. The Kier molecular flexibility index (Phi) is 6.45. The minimum atomic E-state index is -0.613. The molecule has 0 aliphatic carbocycles. The second-order valence-corrected chi connectivity index (χ2v) is 6.19. The van der Waals surface area contributed by atoms with Crippen LogP contribution in [0.4, 0.5) is 5.69 Å². The van der Waals surface area contributed by atoms with Crippen LogP contribution in [-0.4, -0.2) is 19.1 Å². The van der Waals surface area contributed by atoms with Crippen molar-refractivity contribution in [2.24, 2.45) is 0 Å². The number of carbonyl (C=O) groups excluding carboxylic acids is 1. The maximum Gasteiger partial charge on any atom is 0.253 e. The van der Waals surface area contributed by atoms with Gasteiger partial charge < -0.3 is 14.8 Å². The normalized spacial score (nSPS) is 11.8. The molecule has 0 bridgehead atoms. The van der Waals surface area contributed by atoms with E-state index in [9.17, 15) is 4.79 Å². The van der Waals surface area contributed by atoms with Gasteiger partial charge in [-0.05, 0) is 40.5 Å². The zero-order valence-corrected chi connectivity index (χ0v) is 15.1. The quantitative estimate of drug-likeness (QED) is 0.770. The van der Waals surface area contributed by atoms with Gasteiger partial charge in [-0.2, -0.15) is 0 Å². The highest BCUT2D eigenvalue weighted by molar-refractivity contribution is 9.10. The summed E-state index contributed by atoms with van der Waals surface area (Å²) < 4.78 is 11.5. The second kappa shape index (κ2) is 8.34. The molecule has 0 saturated heterocycles. The largest absolute Gasteiger partial charge is 0.493 e. The summed E-state index contributed by atoms with van der Waals surface area (Å²) in [6, 6.07) is 13.0. The molecule has 0 radical (unpaired) electrons. The van der Waals surface area contributed by atoms with Crippen molar-refractivity contribution in [1.29, 1.82) is 0 Å². The van der Waals surface area contributed by atoms with Crippen LogP contribution < -0.4 is 10.1 Å². The Bertz CT molecular complexity index is 679. The summed E-state index contributed by atoms with van der Waals surface area (Å²) in [6.07, 6.45) is -0.613. The molecule has 1 amide bonds. The molecular weight excluding hydrogens is 382 g/mol. The lowest BCUT2D eigenvalue weighted by molar-refractivity contribution is -0.127. The smallest absolute Gasteiger partial charge is 0.253 e. The number of anilines is 1. The SMILES string of the molecule is COc1c(Br)cc(Cl)cc1NC(=O)[C@H](C)OCc1ccccc1. The van der Waals surface area contributed by atoms with Crippen LogP contribution in [0.15, 0.2) is 46.9 Å². The van der Waals surface area contributed by atoms with Gasteiger partial charge in [0, 0.05) is 5.02 Å². The number of ether oxygens (including phenoxy) is 2. The molecule has 1 atom stereocenters. The predicted octanol–water partition coefficient (Wildman–Crippen LogP) is 4.65. The Balaban J connectivity index is 2.01. The first-order valence-electron chi connectivity index (χ1n) is 7.00. The summed E-state index contributed by atoms with van der Waals surface area (Å²) in [5, 5.41) is 3.27. The average molecular weight is 399 g/mol. The summed E-state index contributed by atoms with van der Waals surface area (Å²) >= 11 is 9.37. The van der Waals surface area contributed by atoms with Crippen molar-refractivity contribution in [3.05, 3.63) is 57.5 Å². The van der Waals surface area contributed by atoms with Gasteiger partial charge in [0.2, 0.25) is 0 Å². The summed E-state index contributed by atoms with van der Waals surface area (Å²) in [7, 11) is 1.53. The van der Waals surface area contributed by atoms with Crippen molar-refractivity contribution >= 4 is 39.1 Å². The monoisotopic (exact) mass is 397 g/mol. The van der Waals surface area contributed by atoms with Crippen molar-refractivity contribution in [3.63, 3.8) is 0 Å². The van der Waals surface area contributed by atoms with Crippen LogP contribution in [0.3, 0.4) is 0 Å². The van der Waals surface area contributed by atoms with Gasteiger partial charge in [0.15, 0.2) is 5.75 Å². The lowest BCUT2D eigenvalue weighted by Gasteiger charge is -2.16. The van der Waals surface area contributed by atoms with Crippen LogP contribution in [0.2, 0.25) is 5.02 Å². The highest BCUT2D eigenvalue weighted by atomic mass is 79.9. The molecule has 2 rings (SSSR count). The maximum absolute atomic E-state index is 12.3. The van der Waals surface area contributed by atoms with Crippen molar-refractivity contribution in [3.8, 4) is 5.75 Å². The summed E-state index contributed by atoms with van der Waals surface area (Å²) in [5.74, 6) is 0.242. The number of hydrogen-bond donors (Lipinski definition) is 1. The van der Waals surface area contributed by atoms with Crippen LogP contribution in [0, 0.1) is 0 Å². The number of nitrogens with one attached hydrogen (secondary N) is 1. The van der Waals surface area contributed by atoms with Crippen molar-refractivity contribution in [2.45, 2.75) is 19.6 Å². The van der Waals surface area contributed by atoms with E-state index in [4.69, 9.17) is 21.1 Å². The lowest BCUT2D eigenvalue weighted by atomic mass is 10.2. The standard InChI is InChI=1S/C17H17BrClNO3/c1-11(23-10-12-6-4-3-5-7-12)17(21)20-15-9-13(19)8-14(18)16(15)22-2/h3-9,11H,10H2,1-2H3,(H,20,21)/t11-/m0/s1. The van der Waals surface area contributed by atoms with Crippen LogP contribution >= 0.6 is 27.5 Å². The number of carbonyl (C=O) groups is 1. The summed E-state index contributed by atoms with van der Waals surface area (Å²) in [6.45, 7) is 2.07. The van der Waals surface area contributed by atoms with E-state index in [1.807, 2.05) is 30.3 Å². The fourth-order valence-corrected chi connectivity index (χ4v) is 2.94. The zero-order chi connectivity index (χ0) is 16.8. The van der Waals surface area contributed by atoms with E-state index in [0.717, 1.165) is 5.56 Å². The third kappa shape index (κ3) is 4.96. The number of hydrogen-bond acceptors (Lipinski definition) is 3. The Morgan fingerprint density at radius 3 is 2.65 bits per heavy atom. The molecule has 0 unspecified atom stereocenters. The van der Waals surface area contributed by atoms with Gasteiger partial charge in [-0.1, -0.05) is 41.9 Å². The van der Waals surface area contributed by atoms with Crippen molar-refractivity contribution < 1.29 is 14.3 Å². The van der Waals surface area contributed by atoms with Gasteiger partial charge in [0.05, 0.1) is 23.9 Å². The third-order valence-electron chi connectivity index (χ3n) is 3.18. The Hall–Kier alpha value is -1.56. The molecule has 2 aromatic carbocycles. The molecule has 4 nitrogen and oxygen atoms in total. The van der Waals surface area contributed by atoms with Gasteiger partial charge in [-0.25, -0.2) is 0 Å². The van der Waals surface area contributed by atoms with Crippen LogP contribution in [0.1, 0.15) is 12.5 Å². The van der Waals surface area contributed by atoms with E-state index in [2.05, 4.69) is 21.2 Å². The van der Waals surface area contributed by atoms with Crippen molar-refractivity contribution in [1.82, 2.24) is 0 Å².